The van der Waals surface area contributed by atoms with Crippen molar-refractivity contribution in [2.45, 2.75) is 19.9 Å². The predicted molar refractivity (Wildman–Crippen MR) is 109 cm³/mol. The Kier molecular flexibility index (Phi) is 4.92. The van der Waals surface area contributed by atoms with Crippen LogP contribution in [0, 0.1) is 11.6 Å². The number of nitrogen functional groups attached to an aromatic ring is 1. The van der Waals surface area contributed by atoms with Gasteiger partial charge in [-0.25, -0.2) is 18.7 Å². The number of rotatable bonds is 4. The molecule has 1 aliphatic rings. The molecule has 150 valence electrons. The van der Waals surface area contributed by atoms with Crippen LogP contribution in [0.15, 0.2) is 42.6 Å². The molecule has 29 heavy (non-hydrogen) atoms. The van der Waals surface area contributed by atoms with Gasteiger partial charge in [-0.3, -0.25) is 0 Å². The highest BCUT2D eigenvalue weighted by molar-refractivity contribution is 5.73. The maximum absolute atomic E-state index is 14.7. The van der Waals surface area contributed by atoms with Crippen LogP contribution in [-0.4, -0.2) is 29.2 Å². The van der Waals surface area contributed by atoms with Crippen molar-refractivity contribution in [3.8, 4) is 17.0 Å². The van der Waals surface area contributed by atoms with E-state index in [0.29, 0.717) is 35.8 Å². The first kappa shape index (κ1) is 18.9. The van der Waals surface area contributed by atoms with Crippen molar-refractivity contribution >= 4 is 23.0 Å². The normalized spacial score (nSPS) is 13.2. The zero-order valence-electron chi connectivity index (χ0n) is 16.1. The molecule has 0 atom stereocenters. The third-order valence-electron chi connectivity index (χ3n) is 4.72. The van der Waals surface area contributed by atoms with Crippen molar-refractivity contribution in [3.05, 3.63) is 54.2 Å². The lowest BCUT2D eigenvalue weighted by Crippen LogP contribution is -2.38. The Morgan fingerprint density at radius 1 is 1.14 bits per heavy atom. The first-order chi connectivity index (χ1) is 13.9. The van der Waals surface area contributed by atoms with Crippen molar-refractivity contribution in [2.75, 3.05) is 29.1 Å². The number of benzene rings is 2. The number of ether oxygens (including phenoxy) is 1. The summed E-state index contributed by atoms with van der Waals surface area (Å²) >= 11 is 0. The van der Waals surface area contributed by atoms with Crippen LogP contribution in [0.1, 0.15) is 13.8 Å². The van der Waals surface area contributed by atoms with E-state index in [4.69, 9.17) is 10.5 Å². The average molecular weight is 397 g/mol. The highest BCUT2D eigenvalue weighted by atomic mass is 19.1. The van der Waals surface area contributed by atoms with Gasteiger partial charge in [0.25, 0.3) is 0 Å². The van der Waals surface area contributed by atoms with Crippen molar-refractivity contribution < 1.29 is 13.5 Å². The van der Waals surface area contributed by atoms with Gasteiger partial charge in [0, 0.05) is 23.0 Å². The van der Waals surface area contributed by atoms with Gasteiger partial charge < -0.3 is 20.7 Å². The zero-order valence-corrected chi connectivity index (χ0v) is 16.1. The van der Waals surface area contributed by atoms with Gasteiger partial charge in [0.2, 0.25) is 5.95 Å². The van der Waals surface area contributed by atoms with Crippen molar-refractivity contribution in [1.29, 1.82) is 0 Å². The summed E-state index contributed by atoms with van der Waals surface area (Å²) in [4.78, 5) is 10.3. The highest BCUT2D eigenvalue weighted by Crippen LogP contribution is 2.39. The fraction of sp³-hybridized carbons (Fsp3) is 0.238. The summed E-state index contributed by atoms with van der Waals surface area (Å²) in [5.74, 6) is -0.807. The number of nitrogens with one attached hydrogen (secondary N) is 1. The molecule has 0 bridgehead atoms. The Bertz CT molecular complexity index is 1040. The Morgan fingerprint density at radius 3 is 2.62 bits per heavy atom. The van der Waals surface area contributed by atoms with Crippen LogP contribution in [0.4, 0.5) is 31.8 Å². The van der Waals surface area contributed by atoms with Gasteiger partial charge in [0.1, 0.15) is 12.3 Å². The number of nitrogens with zero attached hydrogens (tertiary/aromatic N) is 3. The number of halogens is 2. The molecule has 2 aromatic carbocycles. The van der Waals surface area contributed by atoms with E-state index in [-0.39, 0.29) is 23.4 Å². The number of anilines is 4. The van der Waals surface area contributed by atoms with Crippen molar-refractivity contribution in [1.82, 2.24) is 9.97 Å². The summed E-state index contributed by atoms with van der Waals surface area (Å²) in [6.07, 6.45) is 1.07. The number of hydrogen-bond donors (Lipinski definition) is 2. The summed E-state index contributed by atoms with van der Waals surface area (Å²) in [6.45, 7) is 5.06. The molecule has 0 aliphatic carbocycles. The minimum atomic E-state index is -0.639. The highest BCUT2D eigenvalue weighted by Gasteiger charge is 2.25. The SMILES string of the molecule is CC(C)N1CCOc2c(F)cc(-c3nc(Nc4ccc(N)cc4)ncc3F)cc21. The summed E-state index contributed by atoms with van der Waals surface area (Å²) in [5.41, 5.74) is 7.92. The van der Waals surface area contributed by atoms with Crippen LogP contribution in [0.2, 0.25) is 0 Å². The van der Waals surface area contributed by atoms with Gasteiger partial charge in [-0.15, -0.1) is 0 Å². The van der Waals surface area contributed by atoms with E-state index < -0.39 is 11.6 Å². The van der Waals surface area contributed by atoms with Gasteiger partial charge in [0.15, 0.2) is 17.4 Å². The molecule has 2 heterocycles. The smallest absolute Gasteiger partial charge is 0.227 e. The van der Waals surface area contributed by atoms with E-state index in [9.17, 15) is 8.78 Å². The summed E-state index contributed by atoms with van der Waals surface area (Å²) in [6, 6.07) is 10.1. The molecular formula is C21H21F2N5O. The molecule has 0 unspecified atom stereocenters. The van der Waals surface area contributed by atoms with Gasteiger partial charge in [-0.05, 0) is 50.2 Å². The second kappa shape index (κ2) is 7.54. The van der Waals surface area contributed by atoms with Crippen LogP contribution in [0.25, 0.3) is 11.3 Å². The van der Waals surface area contributed by atoms with Crippen molar-refractivity contribution in [3.63, 3.8) is 0 Å². The fourth-order valence-corrected chi connectivity index (χ4v) is 3.30. The lowest BCUT2D eigenvalue weighted by Gasteiger charge is -2.34. The van der Waals surface area contributed by atoms with E-state index in [1.165, 1.54) is 6.07 Å². The second-order valence-electron chi connectivity index (χ2n) is 7.08. The Hall–Kier alpha value is -3.42. The molecule has 1 aliphatic heterocycles. The lowest BCUT2D eigenvalue weighted by atomic mass is 10.1. The van der Waals surface area contributed by atoms with E-state index in [0.717, 1.165) is 6.20 Å². The molecule has 0 radical (unpaired) electrons. The second-order valence-corrected chi connectivity index (χ2v) is 7.08. The molecule has 0 amide bonds. The standard InChI is InChI=1S/C21H21F2N5O/c1-12(2)28-7-8-29-20-16(22)9-13(10-18(20)28)19-17(23)11-25-21(27-19)26-15-5-3-14(24)4-6-15/h3-6,9-12H,7-8,24H2,1-2H3,(H,25,26,27). The first-order valence-electron chi connectivity index (χ1n) is 9.31. The monoisotopic (exact) mass is 397 g/mol. The molecule has 6 nitrogen and oxygen atoms in total. The Morgan fingerprint density at radius 2 is 1.90 bits per heavy atom. The molecule has 0 saturated heterocycles. The zero-order chi connectivity index (χ0) is 20.5. The van der Waals surface area contributed by atoms with Crippen molar-refractivity contribution in [2.24, 2.45) is 0 Å². The van der Waals surface area contributed by atoms with Gasteiger partial charge >= 0.3 is 0 Å². The minimum Gasteiger partial charge on any atom is -0.486 e. The van der Waals surface area contributed by atoms with Gasteiger partial charge in [-0.2, -0.15) is 0 Å². The van der Waals surface area contributed by atoms with E-state index in [1.54, 1.807) is 30.3 Å². The maximum Gasteiger partial charge on any atom is 0.227 e. The number of fused-ring (bicyclic) bond motifs is 1. The fourth-order valence-electron chi connectivity index (χ4n) is 3.30. The molecule has 3 N–H and O–H groups in total. The summed E-state index contributed by atoms with van der Waals surface area (Å²) < 4.78 is 34.8. The first-order valence-corrected chi connectivity index (χ1v) is 9.31. The van der Waals surface area contributed by atoms with E-state index in [1.807, 2.05) is 18.7 Å². The topological polar surface area (TPSA) is 76.3 Å². The molecular weight excluding hydrogens is 376 g/mol. The van der Waals surface area contributed by atoms with Crippen LogP contribution in [0.3, 0.4) is 0 Å². The van der Waals surface area contributed by atoms with E-state index >= 15 is 0 Å². The minimum absolute atomic E-state index is 0.00826. The van der Waals surface area contributed by atoms with Crippen LogP contribution >= 0.6 is 0 Å². The third-order valence-corrected chi connectivity index (χ3v) is 4.72. The summed E-state index contributed by atoms with van der Waals surface area (Å²) in [5, 5.41) is 3.00. The average Bonchev–Trinajstić information content (AvgIpc) is 2.70. The third kappa shape index (κ3) is 3.78. The van der Waals surface area contributed by atoms with Crippen LogP contribution < -0.4 is 20.7 Å². The van der Waals surface area contributed by atoms with Gasteiger partial charge in [-0.1, -0.05) is 0 Å². The lowest BCUT2D eigenvalue weighted by molar-refractivity contribution is 0.287. The van der Waals surface area contributed by atoms with Crippen LogP contribution in [-0.2, 0) is 0 Å². The van der Waals surface area contributed by atoms with E-state index in [2.05, 4.69) is 15.3 Å². The van der Waals surface area contributed by atoms with Crippen LogP contribution in [0.5, 0.6) is 5.75 Å². The molecule has 0 spiro atoms. The van der Waals surface area contributed by atoms with Gasteiger partial charge in [0.05, 0.1) is 18.4 Å². The molecule has 0 fully saturated rings. The predicted octanol–water partition coefficient (Wildman–Crippen LogP) is 4.35. The number of nitrogens with two attached hydrogens (primary N) is 1. The summed E-state index contributed by atoms with van der Waals surface area (Å²) in [7, 11) is 0. The maximum atomic E-state index is 14.7. The molecule has 8 heteroatoms. The number of aromatic nitrogens is 2. The Labute approximate surface area is 167 Å². The largest absolute Gasteiger partial charge is 0.486 e. The molecule has 3 aromatic rings. The molecule has 1 aromatic heterocycles. The quantitative estimate of drug-likeness (QED) is 0.638. The Balaban J connectivity index is 1.73. The molecule has 0 saturated carbocycles. The molecule has 4 rings (SSSR count). The number of hydrogen-bond acceptors (Lipinski definition) is 6.